The molecule has 0 spiro atoms. The van der Waals surface area contributed by atoms with Crippen molar-refractivity contribution in [2.45, 2.75) is 44.2 Å². The second kappa shape index (κ2) is 15.2. The highest BCUT2D eigenvalue weighted by Crippen LogP contribution is 2.28. The lowest BCUT2D eigenvalue weighted by atomic mass is 10.0. The van der Waals surface area contributed by atoms with E-state index in [0.29, 0.717) is 39.8 Å². The summed E-state index contributed by atoms with van der Waals surface area (Å²) in [5.74, 6) is -0.868. The fourth-order valence-corrected chi connectivity index (χ4v) is 6.66. The third kappa shape index (κ3) is 8.40. The molecule has 0 aliphatic rings. The highest BCUT2D eigenvalue weighted by Gasteiger charge is 2.35. The molecule has 0 heterocycles. The zero-order valence-electron chi connectivity index (χ0n) is 24.6. The van der Waals surface area contributed by atoms with Crippen molar-refractivity contribution < 1.29 is 18.0 Å². The van der Waals surface area contributed by atoms with Crippen LogP contribution in [0.2, 0.25) is 10.0 Å². The van der Waals surface area contributed by atoms with Gasteiger partial charge in [-0.15, -0.1) is 0 Å². The van der Waals surface area contributed by atoms with Crippen molar-refractivity contribution >= 4 is 50.7 Å². The molecule has 0 saturated carbocycles. The molecule has 0 aliphatic carbocycles. The Morgan fingerprint density at radius 2 is 1.48 bits per heavy atom. The van der Waals surface area contributed by atoms with Crippen LogP contribution in [0.15, 0.2) is 108 Å². The van der Waals surface area contributed by atoms with Crippen molar-refractivity contribution in [1.29, 1.82) is 0 Å². The summed E-state index contributed by atoms with van der Waals surface area (Å²) in [7, 11) is -4.22. The first-order valence-electron chi connectivity index (χ1n) is 14.3. The number of anilines is 1. The van der Waals surface area contributed by atoms with Crippen LogP contribution in [0.25, 0.3) is 0 Å². The van der Waals surface area contributed by atoms with Gasteiger partial charge in [0, 0.05) is 29.6 Å². The van der Waals surface area contributed by atoms with Crippen LogP contribution in [-0.4, -0.2) is 44.3 Å². The molecule has 44 heavy (non-hydrogen) atoms. The Bertz CT molecular complexity index is 1680. The van der Waals surface area contributed by atoms with Crippen LogP contribution in [0.5, 0.6) is 0 Å². The lowest BCUT2D eigenvalue weighted by Gasteiger charge is -2.34. The third-order valence-corrected chi connectivity index (χ3v) is 9.39. The maximum Gasteiger partial charge on any atom is 0.264 e. The smallest absolute Gasteiger partial charge is 0.264 e. The molecule has 0 radical (unpaired) electrons. The standard InChI is InChI=1S/C34H35Cl2N3O4S/c1-3-20-37-34(41)32(22-26-11-5-4-6-12-26)38(23-27-13-9-14-29(36)21-27)33(40)24-39(31-15-8-7-10-25(31)2)44(42,43)30-18-16-28(35)17-19-30/h4-19,21,32H,3,20,22-24H2,1-2H3,(H,37,41)/t32-/m1/s1. The maximum atomic E-state index is 14.5. The molecule has 10 heteroatoms. The largest absolute Gasteiger partial charge is 0.354 e. The van der Waals surface area contributed by atoms with Gasteiger partial charge in [-0.1, -0.05) is 90.8 Å². The van der Waals surface area contributed by atoms with Crippen LogP contribution in [-0.2, 0) is 32.6 Å². The fourth-order valence-electron chi connectivity index (χ4n) is 4.84. The summed E-state index contributed by atoms with van der Waals surface area (Å²) < 4.78 is 29.3. The quantitative estimate of drug-likeness (QED) is 0.175. The van der Waals surface area contributed by atoms with Crippen LogP contribution >= 0.6 is 23.2 Å². The normalized spacial score (nSPS) is 11.9. The van der Waals surface area contributed by atoms with E-state index in [1.807, 2.05) is 43.3 Å². The summed E-state index contributed by atoms with van der Waals surface area (Å²) in [4.78, 5) is 29.6. The Balaban J connectivity index is 1.80. The predicted octanol–water partition coefficient (Wildman–Crippen LogP) is 6.66. The van der Waals surface area contributed by atoms with Gasteiger partial charge in [0.05, 0.1) is 10.6 Å². The van der Waals surface area contributed by atoms with Crippen molar-refractivity contribution in [3.8, 4) is 0 Å². The summed E-state index contributed by atoms with van der Waals surface area (Å²) in [6.45, 7) is 3.67. The van der Waals surface area contributed by atoms with Crippen LogP contribution < -0.4 is 9.62 Å². The van der Waals surface area contributed by atoms with E-state index in [9.17, 15) is 18.0 Å². The second-order valence-electron chi connectivity index (χ2n) is 10.4. The van der Waals surface area contributed by atoms with E-state index in [1.54, 1.807) is 49.4 Å². The number of nitrogens with zero attached hydrogens (tertiary/aromatic N) is 2. The highest BCUT2D eigenvalue weighted by molar-refractivity contribution is 7.92. The number of aryl methyl sites for hydroxylation is 1. The van der Waals surface area contributed by atoms with Crippen LogP contribution in [0.3, 0.4) is 0 Å². The van der Waals surface area contributed by atoms with Gasteiger partial charge in [0.2, 0.25) is 11.8 Å². The number of sulfonamides is 1. The number of rotatable bonds is 13. The van der Waals surface area contributed by atoms with Crippen molar-refractivity contribution in [2.75, 3.05) is 17.4 Å². The monoisotopic (exact) mass is 651 g/mol. The highest BCUT2D eigenvalue weighted by atomic mass is 35.5. The molecule has 7 nitrogen and oxygen atoms in total. The van der Waals surface area contributed by atoms with Crippen molar-refractivity contribution in [3.05, 3.63) is 130 Å². The topological polar surface area (TPSA) is 86.8 Å². The first kappa shape index (κ1) is 33.1. The Hall–Kier alpha value is -3.85. The van der Waals surface area contributed by atoms with E-state index < -0.39 is 28.5 Å². The van der Waals surface area contributed by atoms with Gasteiger partial charge >= 0.3 is 0 Å². The number of carbonyl (C=O) groups is 2. The minimum absolute atomic E-state index is 0.0131. The van der Waals surface area contributed by atoms with Gasteiger partial charge in [-0.3, -0.25) is 13.9 Å². The average molecular weight is 653 g/mol. The average Bonchev–Trinajstić information content (AvgIpc) is 3.01. The molecule has 230 valence electrons. The van der Waals surface area contributed by atoms with Gasteiger partial charge in [0.1, 0.15) is 12.6 Å². The summed E-state index contributed by atoms with van der Waals surface area (Å²) in [5.41, 5.74) is 2.59. The van der Waals surface area contributed by atoms with Crippen molar-refractivity contribution in [2.24, 2.45) is 0 Å². The lowest BCUT2D eigenvalue weighted by molar-refractivity contribution is -0.140. The first-order chi connectivity index (χ1) is 21.1. The number of hydrogen-bond donors (Lipinski definition) is 1. The molecule has 4 aromatic carbocycles. The number of nitrogens with one attached hydrogen (secondary N) is 1. The summed E-state index contributed by atoms with van der Waals surface area (Å²) in [6, 6.07) is 28.3. The van der Waals surface area contributed by atoms with Crippen LogP contribution in [0.4, 0.5) is 5.69 Å². The van der Waals surface area contributed by atoms with Gasteiger partial charge in [-0.25, -0.2) is 8.42 Å². The minimum atomic E-state index is -4.22. The van der Waals surface area contributed by atoms with Gasteiger partial charge in [0.25, 0.3) is 10.0 Å². The van der Waals surface area contributed by atoms with Gasteiger partial charge < -0.3 is 10.2 Å². The molecular weight excluding hydrogens is 617 g/mol. The zero-order chi connectivity index (χ0) is 31.7. The Morgan fingerprint density at radius 3 is 2.14 bits per heavy atom. The van der Waals surface area contributed by atoms with E-state index in [1.165, 1.54) is 29.2 Å². The van der Waals surface area contributed by atoms with Crippen LogP contribution in [0, 0.1) is 6.92 Å². The summed E-state index contributed by atoms with van der Waals surface area (Å²) >= 11 is 12.3. The number of amides is 2. The van der Waals surface area contributed by atoms with Crippen molar-refractivity contribution in [1.82, 2.24) is 10.2 Å². The molecule has 0 bridgehead atoms. The zero-order valence-corrected chi connectivity index (χ0v) is 26.9. The molecule has 2 amide bonds. The SMILES string of the molecule is CCCNC(=O)[C@@H](Cc1ccccc1)N(Cc1cccc(Cl)c1)C(=O)CN(c1ccccc1C)S(=O)(=O)c1ccc(Cl)cc1. The number of para-hydroxylation sites is 1. The number of hydrogen-bond acceptors (Lipinski definition) is 4. The maximum absolute atomic E-state index is 14.5. The Labute approximate surface area is 269 Å². The van der Waals surface area contributed by atoms with E-state index in [-0.39, 0.29) is 23.8 Å². The van der Waals surface area contributed by atoms with E-state index >= 15 is 0 Å². The predicted molar refractivity (Wildman–Crippen MR) is 176 cm³/mol. The molecule has 1 atom stereocenters. The molecule has 1 N–H and O–H groups in total. The van der Waals surface area contributed by atoms with Crippen molar-refractivity contribution in [3.63, 3.8) is 0 Å². The fraction of sp³-hybridized carbons (Fsp3) is 0.235. The molecule has 4 rings (SSSR count). The molecule has 0 saturated heterocycles. The molecular formula is C34H35Cl2N3O4S. The molecule has 0 aliphatic heterocycles. The van der Waals surface area contributed by atoms with Gasteiger partial charge in [-0.05, 0) is 72.5 Å². The minimum Gasteiger partial charge on any atom is -0.354 e. The molecule has 0 fully saturated rings. The first-order valence-corrected chi connectivity index (χ1v) is 16.5. The summed E-state index contributed by atoms with van der Waals surface area (Å²) in [5, 5.41) is 3.81. The van der Waals surface area contributed by atoms with E-state index in [0.717, 1.165) is 9.87 Å². The van der Waals surface area contributed by atoms with E-state index in [2.05, 4.69) is 5.32 Å². The number of benzene rings is 4. The molecule has 0 unspecified atom stereocenters. The van der Waals surface area contributed by atoms with E-state index in [4.69, 9.17) is 23.2 Å². The molecule has 0 aromatic heterocycles. The number of carbonyl (C=O) groups excluding carboxylic acids is 2. The lowest BCUT2D eigenvalue weighted by Crippen LogP contribution is -2.53. The Morgan fingerprint density at radius 1 is 0.818 bits per heavy atom. The third-order valence-electron chi connectivity index (χ3n) is 7.13. The van der Waals surface area contributed by atoms with Gasteiger partial charge in [-0.2, -0.15) is 0 Å². The van der Waals surface area contributed by atoms with Crippen LogP contribution in [0.1, 0.15) is 30.0 Å². The number of halogens is 2. The van der Waals surface area contributed by atoms with Gasteiger partial charge in [0.15, 0.2) is 0 Å². The Kier molecular flexibility index (Phi) is 11.4. The molecule has 4 aromatic rings. The summed E-state index contributed by atoms with van der Waals surface area (Å²) in [6.07, 6.45) is 0.948. The second-order valence-corrected chi connectivity index (χ2v) is 13.1.